The Morgan fingerprint density at radius 1 is 1.03 bits per heavy atom. The number of Topliss-reactive ketones (excluding diaryl/α,β-unsaturated/α-hetero) is 1. The van der Waals surface area contributed by atoms with Gasteiger partial charge in [-0.2, -0.15) is 0 Å². The average Bonchev–Trinajstić information content (AvgIpc) is 2.68. The van der Waals surface area contributed by atoms with Crippen LogP contribution in [0, 0.1) is 17.8 Å². The zero-order valence-corrected chi connectivity index (χ0v) is 19.3. The summed E-state index contributed by atoms with van der Waals surface area (Å²) in [4.78, 5) is 38.8. The highest BCUT2D eigenvalue weighted by molar-refractivity contribution is 9.10. The molecule has 29 heavy (non-hydrogen) atoms. The summed E-state index contributed by atoms with van der Waals surface area (Å²) in [6, 6.07) is 12.3. The lowest BCUT2D eigenvalue weighted by Crippen LogP contribution is -2.44. The number of esters is 2. The lowest BCUT2D eigenvalue weighted by Gasteiger charge is -2.37. The van der Waals surface area contributed by atoms with Crippen molar-refractivity contribution in [1.29, 1.82) is 0 Å². The number of rotatable bonds is 5. The van der Waals surface area contributed by atoms with Crippen molar-refractivity contribution in [2.24, 2.45) is 17.8 Å². The fraction of sp³-hybridized carbons (Fsp3) is 0.318. The van der Waals surface area contributed by atoms with Gasteiger partial charge in [0.05, 0.1) is 7.11 Å². The van der Waals surface area contributed by atoms with Crippen molar-refractivity contribution in [3.05, 3.63) is 62.5 Å². The van der Waals surface area contributed by atoms with Crippen LogP contribution in [0.3, 0.4) is 0 Å². The standard InChI is InChI=1S/C22H20Br2O5/c1-11(2)17(20(25)12-4-6-13(23)7-5-12)18-15-10-14(24)8-9-16(15)29-22(27)19(18)21(26)28-3/h4-11,17-19H,1-3H3/t17-,18+,19+/m1/s1. The first kappa shape index (κ1) is 21.7. The molecule has 2 aromatic carbocycles. The van der Waals surface area contributed by atoms with Gasteiger partial charge in [-0.3, -0.25) is 14.4 Å². The van der Waals surface area contributed by atoms with E-state index in [0.717, 1.165) is 8.95 Å². The molecule has 2 aromatic rings. The maximum Gasteiger partial charge on any atom is 0.326 e. The Hall–Kier alpha value is -1.99. The molecule has 0 amide bonds. The summed E-state index contributed by atoms with van der Waals surface area (Å²) in [6.45, 7) is 3.82. The highest BCUT2D eigenvalue weighted by Crippen LogP contribution is 2.47. The van der Waals surface area contributed by atoms with Gasteiger partial charge in [-0.05, 0) is 36.2 Å². The van der Waals surface area contributed by atoms with Crippen molar-refractivity contribution in [2.75, 3.05) is 7.11 Å². The molecule has 0 spiro atoms. The number of benzene rings is 2. The molecule has 0 fully saturated rings. The number of ether oxygens (including phenoxy) is 2. The summed E-state index contributed by atoms with van der Waals surface area (Å²) >= 11 is 6.81. The van der Waals surface area contributed by atoms with Gasteiger partial charge in [0.25, 0.3) is 0 Å². The highest BCUT2D eigenvalue weighted by atomic mass is 79.9. The summed E-state index contributed by atoms with van der Waals surface area (Å²) in [5.41, 5.74) is 1.16. The van der Waals surface area contributed by atoms with Crippen LogP contribution in [0.2, 0.25) is 0 Å². The Bertz CT molecular complexity index is 952. The fourth-order valence-electron chi connectivity index (χ4n) is 3.83. The molecule has 0 aliphatic carbocycles. The van der Waals surface area contributed by atoms with Gasteiger partial charge in [-0.1, -0.05) is 57.8 Å². The summed E-state index contributed by atoms with van der Waals surface area (Å²) in [5, 5.41) is 0. The van der Waals surface area contributed by atoms with Crippen LogP contribution in [0.15, 0.2) is 51.4 Å². The van der Waals surface area contributed by atoms with E-state index >= 15 is 0 Å². The molecule has 1 heterocycles. The molecule has 1 aliphatic heterocycles. The number of carbonyl (C=O) groups excluding carboxylic acids is 3. The van der Waals surface area contributed by atoms with Crippen LogP contribution in [0.5, 0.6) is 5.75 Å². The number of ketones is 1. The predicted octanol–water partition coefficient (Wildman–Crippen LogP) is 5.16. The number of hydrogen-bond donors (Lipinski definition) is 0. The summed E-state index contributed by atoms with van der Waals surface area (Å²) in [6.07, 6.45) is 0. The molecule has 0 saturated carbocycles. The van der Waals surface area contributed by atoms with E-state index < -0.39 is 29.7 Å². The zero-order valence-electron chi connectivity index (χ0n) is 16.1. The molecule has 3 rings (SSSR count). The number of fused-ring (bicyclic) bond motifs is 1. The van der Waals surface area contributed by atoms with Crippen LogP contribution < -0.4 is 4.74 Å². The first-order valence-electron chi connectivity index (χ1n) is 9.13. The van der Waals surface area contributed by atoms with Crippen molar-refractivity contribution >= 4 is 49.6 Å². The molecule has 0 N–H and O–H groups in total. The Balaban J connectivity index is 2.18. The Morgan fingerprint density at radius 3 is 2.24 bits per heavy atom. The normalized spacial score (nSPS) is 19.3. The van der Waals surface area contributed by atoms with Crippen molar-refractivity contribution in [2.45, 2.75) is 19.8 Å². The summed E-state index contributed by atoms with van der Waals surface area (Å²) < 4.78 is 11.9. The molecule has 7 heteroatoms. The van der Waals surface area contributed by atoms with Crippen LogP contribution in [0.1, 0.15) is 35.7 Å². The van der Waals surface area contributed by atoms with Gasteiger partial charge >= 0.3 is 11.9 Å². The van der Waals surface area contributed by atoms with Crippen molar-refractivity contribution in [3.8, 4) is 5.75 Å². The Morgan fingerprint density at radius 2 is 1.66 bits per heavy atom. The van der Waals surface area contributed by atoms with Crippen LogP contribution in [-0.4, -0.2) is 24.8 Å². The van der Waals surface area contributed by atoms with Crippen LogP contribution in [0.4, 0.5) is 0 Å². The van der Waals surface area contributed by atoms with Gasteiger partial charge in [0, 0.05) is 31.9 Å². The van der Waals surface area contributed by atoms with Gasteiger partial charge in [0.1, 0.15) is 5.75 Å². The SMILES string of the molecule is COC(=O)[C@H]1C(=O)Oc2ccc(Br)cc2[C@H]1[C@H](C(=O)c1ccc(Br)cc1)C(C)C. The topological polar surface area (TPSA) is 69.7 Å². The maximum atomic E-state index is 13.5. The van der Waals surface area contributed by atoms with Gasteiger partial charge in [-0.15, -0.1) is 0 Å². The Kier molecular flexibility index (Phi) is 6.58. The van der Waals surface area contributed by atoms with E-state index in [1.807, 2.05) is 13.8 Å². The lowest BCUT2D eigenvalue weighted by molar-refractivity contribution is -0.158. The molecule has 0 radical (unpaired) electrons. The quantitative estimate of drug-likeness (QED) is 0.234. The van der Waals surface area contributed by atoms with Gasteiger partial charge in [0.15, 0.2) is 11.7 Å². The number of carbonyl (C=O) groups is 3. The van der Waals surface area contributed by atoms with Gasteiger partial charge in [0.2, 0.25) is 0 Å². The van der Waals surface area contributed by atoms with E-state index in [-0.39, 0.29) is 11.7 Å². The van der Waals surface area contributed by atoms with E-state index in [9.17, 15) is 14.4 Å². The number of hydrogen-bond acceptors (Lipinski definition) is 5. The molecule has 5 nitrogen and oxygen atoms in total. The molecule has 0 saturated heterocycles. The lowest BCUT2D eigenvalue weighted by atomic mass is 9.68. The van der Waals surface area contributed by atoms with Crippen molar-refractivity contribution < 1.29 is 23.9 Å². The first-order valence-corrected chi connectivity index (χ1v) is 10.7. The Labute approximate surface area is 186 Å². The van der Waals surface area contributed by atoms with Crippen LogP contribution in [-0.2, 0) is 14.3 Å². The molecule has 3 atom stereocenters. The smallest absolute Gasteiger partial charge is 0.326 e. The third-order valence-electron chi connectivity index (χ3n) is 5.15. The number of methoxy groups -OCH3 is 1. The maximum absolute atomic E-state index is 13.5. The second-order valence-electron chi connectivity index (χ2n) is 7.27. The molecule has 0 aromatic heterocycles. The van der Waals surface area contributed by atoms with Crippen LogP contribution >= 0.6 is 31.9 Å². The third-order valence-corrected chi connectivity index (χ3v) is 6.17. The second kappa shape index (κ2) is 8.79. The van der Waals surface area contributed by atoms with E-state index in [1.54, 1.807) is 42.5 Å². The second-order valence-corrected chi connectivity index (χ2v) is 9.10. The summed E-state index contributed by atoms with van der Waals surface area (Å²) in [7, 11) is 1.23. The summed E-state index contributed by atoms with van der Waals surface area (Å²) in [5.74, 6) is -3.86. The first-order chi connectivity index (χ1) is 13.7. The fourth-order valence-corrected chi connectivity index (χ4v) is 4.47. The average molecular weight is 524 g/mol. The minimum absolute atomic E-state index is 0.132. The van der Waals surface area contributed by atoms with E-state index in [1.165, 1.54) is 7.11 Å². The minimum atomic E-state index is -1.21. The van der Waals surface area contributed by atoms with Gasteiger partial charge < -0.3 is 9.47 Å². The van der Waals surface area contributed by atoms with E-state index in [2.05, 4.69) is 31.9 Å². The van der Waals surface area contributed by atoms with E-state index in [4.69, 9.17) is 9.47 Å². The minimum Gasteiger partial charge on any atom is -0.468 e. The molecule has 0 bridgehead atoms. The largest absolute Gasteiger partial charge is 0.468 e. The zero-order chi connectivity index (χ0) is 21.3. The van der Waals surface area contributed by atoms with Crippen LogP contribution in [0.25, 0.3) is 0 Å². The van der Waals surface area contributed by atoms with Crippen molar-refractivity contribution in [1.82, 2.24) is 0 Å². The molecule has 0 unspecified atom stereocenters. The van der Waals surface area contributed by atoms with Gasteiger partial charge in [-0.25, -0.2) is 0 Å². The van der Waals surface area contributed by atoms with Crippen molar-refractivity contribution in [3.63, 3.8) is 0 Å². The monoisotopic (exact) mass is 522 g/mol. The molecular weight excluding hydrogens is 504 g/mol. The van der Waals surface area contributed by atoms with E-state index in [0.29, 0.717) is 16.9 Å². The molecule has 152 valence electrons. The predicted molar refractivity (Wildman–Crippen MR) is 115 cm³/mol. The highest BCUT2D eigenvalue weighted by Gasteiger charge is 2.49. The molecule has 1 aliphatic rings. The number of halogens is 2. The molecular formula is C22H20Br2O5. The third kappa shape index (κ3) is 4.31.